The molecule has 0 saturated carbocycles. The Kier molecular flexibility index (Phi) is 5.48. The van der Waals surface area contributed by atoms with E-state index >= 15 is 0 Å². The number of halogens is 1. The van der Waals surface area contributed by atoms with Gasteiger partial charge < -0.3 is 10.1 Å². The van der Waals surface area contributed by atoms with Gasteiger partial charge in [0.05, 0.1) is 13.3 Å². The zero-order valence-corrected chi connectivity index (χ0v) is 14.3. The Hall–Kier alpha value is -1.92. The SMILES string of the molecule is COc1ccc(CN2CCC(NCc3cn[nH]c3C)CC2)cc1F. The molecule has 1 saturated heterocycles. The molecule has 1 aliphatic heterocycles. The topological polar surface area (TPSA) is 53.2 Å². The van der Waals surface area contributed by atoms with Crippen molar-refractivity contribution >= 4 is 0 Å². The van der Waals surface area contributed by atoms with Gasteiger partial charge in [0.1, 0.15) is 0 Å². The van der Waals surface area contributed by atoms with E-state index in [4.69, 9.17) is 4.74 Å². The van der Waals surface area contributed by atoms with Crippen molar-refractivity contribution in [3.8, 4) is 5.75 Å². The van der Waals surface area contributed by atoms with Gasteiger partial charge in [-0.1, -0.05) is 6.07 Å². The van der Waals surface area contributed by atoms with Crippen molar-refractivity contribution < 1.29 is 9.13 Å². The number of piperidine rings is 1. The lowest BCUT2D eigenvalue weighted by atomic mass is 10.0. The van der Waals surface area contributed by atoms with Crippen molar-refractivity contribution in [1.82, 2.24) is 20.4 Å². The number of hydrogen-bond acceptors (Lipinski definition) is 4. The van der Waals surface area contributed by atoms with Crippen LogP contribution in [0.25, 0.3) is 0 Å². The van der Waals surface area contributed by atoms with Gasteiger partial charge in [0.25, 0.3) is 0 Å². The molecule has 0 bridgehead atoms. The van der Waals surface area contributed by atoms with Gasteiger partial charge in [-0.2, -0.15) is 5.10 Å². The fraction of sp³-hybridized carbons (Fsp3) is 0.500. The average Bonchev–Trinajstić information content (AvgIpc) is 2.99. The predicted molar refractivity (Wildman–Crippen MR) is 91.4 cm³/mol. The summed E-state index contributed by atoms with van der Waals surface area (Å²) >= 11 is 0. The van der Waals surface area contributed by atoms with Crippen molar-refractivity contribution in [2.75, 3.05) is 20.2 Å². The molecule has 2 aromatic rings. The molecule has 0 radical (unpaired) electrons. The number of benzene rings is 1. The van der Waals surface area contributed by atoms with Gasteiger partial charge in [-0.15, -0.1) is 0 Å². The number of aryl methyl sites for hydroxylation is 1. The van der Waals surface area contributed by atoms with Crippen molar-refractivity contribution in [3.63, 3.8) is 0 Å². The minimum atomic E-state index is -0.290. The summed E-state index contributed by atoms with van der Waals surface area (Å²) in [6, 6.07) is 5.74. The molecule has 0 aliphatic carbocycles. The van der Waals surface area contributed by atoms with Crippen LogP contribution in [0.15, 0.2) is 24.4 Å². The van der Waals surface area contributed by atoms with Crippen LogP contribution in [0.5, 0.6) is 5.75 Å². The van der Waals surface area contributed by atoms with Crippen LogP contribution in [0, 0.1) is 12.7 Å². The van der Waals surface area contributed by atoms with E-state index in [1.165, 1.54) is 12.7 Å². The lowest BCUT2D eigenvalue weighted by Crippen LogP contribution is -2.41. The minimum absolute atomic E-state index is 0.290. The van der Waals surface area contributed by atoms with Crippen LogP contribution < -0.4 is 10.1 Å². The molecular formula is C18H25FN4O. The Morgan fingerprint density at radius 1 is 1.38 bits per heavy atom. The monoisotopic (exact) mass is 332 g/mol. The van der Waals surface area contributed by atoms with Gasteiger partial charge in [0.2, 0.25) is 0 Å². The fourth-order valence-electron chi connectivity index (χ4n) is 3.17. The number of hydrogen-bond donors (Lipinski definition) is 2. The van der Waals surface area contributed by atoms with E-state index < -0.39 is 0 Å². The lowest BCUT2D eigenvalue weighted by Gasteiger charge is -2.32. The maximum Gasteiger partial charge on any atom is 0.165 e. The van der Waals surface area contributed by atoms with Crippen molar-refractivity contribution in [3.05, 3.63) is 47.0 Å². The molecule has 6 heteroatoms. The summed E-state index contributed by atoms with van der Waals surface area (Å²) < 4.78 is 18.7. The van der Waals surface area contributed by atoms with Crippen molar-refractivity contribution in [2.45, 2.75) is 38.9 Å². The second-order valence-corrected chi connectivity index (χ2v) is 6.42. The Morgan fingerprint density at radius 3 is 2.79 bits per heavy atom. The Balaban J connectivity index is 1.45. The summed E-state index contributed by atoms with van der Waals surface area (Å²) in [5.41, 5.74) is 3.35. The molecule has 3 rings (SSSR count). The Labute approximate surface area is 142 Å². The van der Waals surface area contributed by atoms with Gasteiger partial charge in [-0.25, -0.2) is 4.39 Å². The quantitative estimate of drug-likeness (QED) is 0.854. The summed E-state index contributed by atoms with van der Waals surface area (Å²) in [7, 11) is 1.49. The first-order valence-corrected chi connectivity index (χ1v) is 8.42. The number of likely N-dealkylation sites (tertiary alicyclic amines) is 1. The third-order valence-corrected chi connectivity index (χ3v) is 4.73. The molecule has 130 valence electrons. The van der Waals surface area contributed by atoms with Crippen molar-refractivity contribution in [2.24, 2.45) is 0 Å². The highest BCUT2D eigenvalue weighted by atomic mass is 19.1. The van der Waals surface area contributed by atoms with Crippen LogP contribution in [0.4, 0.5) is 4.39 Å². The van der Waals surface area contributed by atoms with Gasteiger partial charge in [0, 0.05) is 30.4 Å². The molecule has 0 unspecified atom stereocenters. The zero-order valence-electron chi connectivity index (χ0n) is 14.3. The number of aromatic amines is 1. The smallest absolute Gasteiger partial charge is 0.165 e. The number of rotatable bonds is 6. The number of H-pyrrole nitrogens is 1. The van der Waals surface area contributed by atoms with E-state index in [0.29, 0.717) is 11.8 Å². The second kappa shape index (κ2) is 7.77. The predicted octanol–water partition coefficient (Wildman–Crippen LogP) is 2.62. The molecule has 2 N–H and O–H groups in total. The van der Waals surface area contributed by atoms with Gasteiger partial charge in [0.15, 0.2) is 11.6 Å². The van der Waals surface area contributed by atoms with E-state index in [-0.39, 0.29) is 5.82 Å². The van der Waals surface area contributed by atoms with Gasteiger partial charge >= 0.3 is 0 Å². The highest BCUT2D eigenvalue weighted by Gasteiger charge is 2.19. The van der Waals surface area contributed by atoms with Crippen LogP contribution in [0.3, 0.4) is 0 Å². The largest absolute Gasteiger partial charge is 0.494 e. The third-order valence-electron chi connectivity index (χ3n) is 4.73. The Morgan fingerprint density at radius 2 is 2.17 bits per heavy atom. The highest BCUT2D eigenvalue weighted by Crippen LogP contribution is 2.20. The highest BCUT2D eigenvalue weighted by molar-refractivity contribution is 5.29. The summed E-state index contributed by atoms with van der Waals surface area (Å²) in [5, 5.41) is 10.6. The third kappa shape index (κ3) is 4.13. The molecule has 2 heterocycles. The van der Waals surface area contributed by atoms with E-state index in [2.05, 4.69) is 20.4 Å². The summed E-state index contributed by atoms with van der Waals surface area (Å²) in [6.45, 7) is 5.73. The number of aromatic nitrogens is 2. The first-order chi connectivity index (χ1) is 11.7. The van der Waals surface area contributed by atoms with Crippen LogP contribution in [0.2, 0.25) is 0 Å². The molecular weight excluding hydrogens is 307 g/mol. The lowest BCUT2D eigenvalue weighted by molar-refractivity contribution is 0.190. The van der Waals surface area contributed by atoms with E-state index in [1.807, 2.05) is 19.2 Å². The van der Waals surface area contributed by atoms with Crippen LogP contribution in [-0.4, -0.2) is 41.3 Å². The molecule has 0 amide bonds. The molecule has 0 spiro atoms. The maximum absolute atomic E-state index is 13.8. The van der Waals surface area contributed by atoms with Gasteiger partial charge in [-0.3, -0.25) is 10.00 Å². The normalized spacial score (nSPS) is 16.5. The van der Waals surface area contributed by atoms with E-state index in [9.17, 15) is 4.39 Å². The van der Waals surface area contributed by atoms with Crippen LogP contribution in [0.1, 0.15) is 29.7 Å². The summed E-state index contributed by atoms with van der Waals surface area (Å²) in [4.78, 5) is 2.38. The molecule has 1 fully saturated rings. The molecule has 5 nitrogen and oxygen atoms in total. The summed E-state index contributed by atoms with van der Waals surface area (Å²) in [6.07, 6.45) is 4.10. The molecule has 1 aliphatic rings. The molecule has 0 atom stereocenters. The number of ether oxygens (including phenoxy) is 1. The second-order valence-electron chi connectivity index (χ2n) is 6.42. The molecule has 1 aromatic heterocycles. The number of methoxy groups -OCH3 is 1. The molecule has 24 heavy (non-hydrogen) atoms. The van der Waals surface area contributed by atoms with Crippen LogP contribution in [-0.2, 0) is 13.1 Å². The Bertz CT molecular complexity index is 665. The van der Waals surface area contributed by atoms with Crippen molar-refractivity contribution in [1.29, 1.82) is 0 Å². The average molecular weight is 332 g/mol. The van der Waals surface area contributed by atoms with Crippen LogP contribution >= 0.6 is 0 Å². The fourth-order valence-corrected chi connectivity index (χ4v) is 3.17. The number of nitrogens with zero attached hydrogens (tertiary/aromatic N) is 2. The first kappa shape index (κ1) is 16.9. The minimum Gasteiger partial charge on any atom is -0.494 e. The maximum atomic E-state index is 13.8. The van der Waals surface area contributed by atoms with E-state index in [1.54, 1.807) is 12.1 Å². The first-order valence-electron chi connectivity index (χ1n) is 8.42. The standard InChI is InChI=1S/C18H25FN4O/c1-13-15(11-21-22-13)10-20-16-5-7-23(8-6-16)12-14-3-4-18(24-2)17(19)9-14/h3-4,9,11,16,20H,5-8,10,12H2,1-2H3,(H,21,22). The van der Waals surface area contributed by atoms with Gasteiger partial charge in [-0.05, 0) is 50.6 Å². The van der Waals surface area contributed by atoms with E-state index in [0.717, 1.165) is 50.3 Å². The number of nitrogens with one attached hydrogen (secondary N) is 2. The molecule has 1 aromatic carbocycles. The zero-order chi connectivity index (χ0) is 16.9. The summed E-state index contributed by atoms with van der Waals surface area (Å²) in [5.74, 6) is 0.0123.